The fraction of sp³-hybridized carbons (Fsp3) is 0.273. The summed E-state index contributed by atoms with van der Waals surface area (Å²) >= 11 is 0. The number of hydrogen-bond donors (Lipinski definition) is 1. The van der Waals surface area contributed by atoms with Crippen molar-refractivity contribution >= 4 is 10.8 Å². The van der Waals surface area contributed by atoms with E-state index in [0.717, 1.165) is 33.8 Å². The summed E-state index contributed by atoms with van der Waals surface area (Å²) in [5.41, 5.74) is 6.37. The van der Waals surface area contributed by atoms with E-state index in [4.69, 9.17) is 14.3 Å². The molecule has 134 valence electrons. The summed E-state index contributed by atoms with van der Waals surface area (Å²) in [6.07, 6.45) is 2.48. The standard InChI is InChI=1S/C22H23NO3/c1-23-26-20-7-5-4-6-17(20)15-10-16-12-21(24-2)22(25-3)13-19(16)18(11-15)14-8-9-14/h4-7,10-14,23H,8-9H2,1-3H3. The highest BCUT2D eigenvalue weighted by Crippen LogP contribution is 2.47. The molecule has 3 aromatic carbocycles. The van der Waals surface area contributed by atoms with Crippen LogP contribution in [0.2, 0.25) is 0 Å². The van der Waals surface area contributed by atoms with Crippen LogP contribution in [-0.2, 0) is 0 Å². The number of methoxy groups -OCH3 is 2. The number of hydroxylamine groups is 1. The van der Waals surface area contributed by atoms with Gasteiger partial charge in [0.25, 0.3) is 0 Å². The van der Waals surface area contributed by atoms with Crippen molar-refractivity contribution < 1.29 is 14.3 Å². The molecule has 0 aromatic heterocycles. The van der Waals surface area contributed by atoms with Crippen LogP contribution < -0.4 is 19.8 Å². The topological polar surface area (TPSA) is 39.7 Å². The lowest BCUT2D eigenvalue weighted by Gasteiger charge is -2.15. The third-order valence-electron chi connectivity index (χ3n) is 4.92. The zero-order chi connectivity index (χ0) is 18.1. The molecule has 0 heterocycles. The highest BCUT2D eigenvalue weighted by molar-refractivity contribution is 5.94. The monoisotopic (exact) mass is 349 g/mol. The molecule has 0 aliphatic heterocycles. The quantitative estimate of drug-likeness (QED) is 0.642. The summed E-state index contributed by atoms with van der Waals surface area (Å²) in [6, 6.07) is 16.7. The number of rotatable bonds is 6. The Morgan fingerprint density at radius 2 is 1.62 bits per heavy atom. The fourth-order valence-corrected chi connectivity index (χ4v) is 3.51. The van der Waals surface area contributed by atoms with Crippen LogP contribution in [0.3, 0.4) is 0 Å². The Morgan fingerprint density at radius 3 is 2.31 bits per heavy atom. The molecule has 26 heavy (non-hydrogen) atoms. The first kappa shape index (κ1) is 16.7. The smallest absolute Gasteiger partial charge is 0.161 e. The molecule has 1 aliphatic carbocycles. The molecule has 4 heteroatoms. The predicted octanol–water partition coefficient (Wildman–Crippen LogP) is 4.91. The van der Waals surface area contributed by atoms with Gasteiger partial charge in [0.2, 0.25) is 0 Å². The first-order valence-electron chi connectivity index (χ1n) is 8.87. The predicted molar refractivity (Wildman–Crippen MR) is 104 cm³/mol. The van der Waals surface area contributed by atoms with Gasteiger partial charge >= 0.3 is 0 Å². The molecular formula is C22H23NO3. The molecule has 0 bridgehead atoms. The Bertz CT molecular complexity index is 948. The summed E-state index contributed by atoms with van der Waals surface area (Å²) in [5, 5.41) is 2.39. The van der Waals surface area contributed by atoms with Crippen molar-refractivity contribution in [1.82, 2.24) is 5.48 Å². The average Bonchev–Trinajstić information content (AvgIpc) is 3.52. The van der Waals surface area contributed by atoms with E-state index < -0.39 is 0 Å². The van der Waals surface area contributed by atoms with E-state index in [1.807, 2.05) is 18.2 Å². The Morgan fingerprint density at radius 1 is 0.885 bits per heavy atom. The number of para-hydroxylation sites is 1. The van der Waals surface area contributed by atoms with Crippen LogP contribution in [0, 0.1) is 0 Å². The summed E-state index contributed by atoms with van der Waals surface area (Å²) in [5.74, 6) is 2.96. The minimum atomic E-state index is 0.618. The van der Waals surface area contributed by atoms with Gasteiger partial charge in [-0.1, -0.05) is 24.3 Å². The van der Waals surface area contributed by atoms with Gasteiger partial charge in [0.05, 0.1) is 14.2 Å². The molecule has 1 saturated carbocycles. The molecule has 0 unspecified atom stereocenters. The van der Waals surface area contributed by atoms with Gasteiger partial charge in [-0.25, -0.2) is 0 Å². The van der Waals surface area contributed by atoms with Gasteiger partial charge in [-0.05, 0) is 64.9 Å². The molecule has 1 aliphatic rings. The SMILES string of the molecule is CNOc1ccccc1-c1cc(C2CC2)c2cc(OC)c(OC)cc2c1. The van der Waals surface area contributed by atoms with Crippen molar-refractivity contribution in [1.29, 1.82) is 0 Å². The first-order valence-corrected chi connectivity index (χ1v) is 8.87. The summed E-state index contributed by atoms with van der Waals surface area (Å²) in [6.45, 7) is 0. The van der Waals surface area contributed by atoms with Crippen LogP contribution in [-0.4, -0.2) is 21.3 Å². The lowest BCUT2D eigenvalue weighted by molar-refractivity contribution is 0.225. The minimum absolute atomic E-state index is 0.618. The normalized spacial score (nSPS) is 13.7. The lowest BCUT2D eigenvalue weighted by Crippen LogP contribution is -2.11. The maximum absolute atomic E-state index is 5.61. The second kappa shape index (κ2) is 6.89. The van der Waals surface area contributed by atoms with Crippen LogP contribution in [0.4, 0.5) is 0 Å². The average molecular weight is 349 g/mol. The van der Waals surface area contributed by atoms with Crippen molar-refractivity contribution in [2.45, 2.75) is 18.8 Å². The van der Waals surface area contributed by atoms with Gasteiger partial charge in [-0.2, -0.15) is 5.48 Å². The van der Waals surface area contributed by atoms with Crippen molar-refractivity contribution in [3.8, 4) is 28.4 Å². The van der Waals surface area contributed by atoms with Gasteiger partial charge < -0.3 is 14.3 Å². The molecule has 3 aromatic rings. The van der Waals surface area contributed by atoms with E-state index >= 15 is 0 Å². The molecule has 0 spiro atoms. The number of nitrogens with one attached hydrogen (secondary N) is 1. The molecule has 0 radical (unpaired) electrons. The van der Waals surface area contributed by atoms with Gasteiger partial charge in [0.15, 0.2) is 17.2 Å². The van der Waals surface area contributed by atoms with Crippen LogP contribution in [0.25, 0.3) is 21.9 Å². The number of fused-ring (bicyclic) bond motifs is 1. The zero-order valence-corrected chi connectivity index (χ0v) is 15.3. The van der Waals surface area contributed by atoms with Gasteiger partial charge in [-0.3, -0.25) is 0 Å². The summed E-state index contributed by atoms with van der Waals surface area (Å²) < 4.78 is 11.0. The number of hydrogen-bond acceptors (Lipinski definition) is 4. The highest BCUT2D eigenvalue weighted by Gasteiger charge is 2.27. The molecule has 0 amide bonds. The minimum Gasteiger partial charge on any atom is -0.493 e. The summed E-state index contributed by atoms with van der Waals surface area (Å²) in [4.78, 5) is 5.61. The van der Waals surface area contributed by atoms with Crippen molar-refractivity contribution in [3.05, 3.63) is 54.1 Å². The Hall–Kier alpha value is -2.72. The molecule has 1 fully saturated rings. The molecule has 4 rings (SSSR count). The van der Waals surface area contributed by atoms with E-state index in [1.54, 1.807) is 21.3 Å². The molecule has 0 saturated heterocycles. The Kier molecular flexibility index (Phi) is 4.43. The fourth-order valence-electron chi connectivity index (χ4n) is 3.51. The van der Waals surface area contributed by atoms with Gasteiger partial charge in [-0.15, -0.1) is 0 Å². The number of ether oxygens (including phenoxy) is 2. The zero-order valence-electron chi connectivity index (χ0n) is 15.3. The first-order chi connectivity index (χ1) is 12.7. The van der Waals surface area contributed by atoms with Crippen molar-refractivity contribution in [2.75, 3.05) is 21.3 Å². The van der Waals surface area contributed by atoms with Gasteiger partial charge in [0, 0.05) is 12.6 Å². The maximum Gasteiger partial charge on any atom is 0.161 e. The molecule has 4 nitrogen and oxygen atoms in total. The Balaban J connectivity index is 1.95. The molecule has 0 atom stereocenters. The lowest BCUT2D eigenvalue weighted by atomic mass is 9.94. The van der Waals surface area contributed by atoms with Crippen LogP contribution in [0.15, 0.2) is 48.5 Å². The third-order valence-corrected chi connectivity index (χ3v) is 4.92. The van der Waals surface area contributed by atoms with Crippen molar-refractivity contribution in [2.24, 2.45) is 0 Å². The maximum atomic E-state index is 5.61. The molecular weight excluding hydrogens is 326 g/mol. The summed E-state index contributed by atoms with van der Waals surface area (Å²) in [7, 11) is 5.12. The second-order valence-electron chi connectivity index (χ2n) is 6.57. The molecule has 1 N–H and O–H groups in total. The van der Waals surface area contributed by atoms with E-state index in [1.165, 1.54) is 23.8 Å². The Labute approximate surface area is 153 Å². The third kappa shape index (κ3) is 2.97. The largest absolute Gasteiger partial charge is 0.493 e. The number of benzene rings is 3. The van der Waals surface area contributed by atoms with Crippen LogP contribution in [0.1, 0.15) is 24.3 Å². The second-order valence-corrected chi connectivity index (χ2v) is 6.57. The van der Waals surface area contributed by atoms with Crippen LogP contribution in [0.5, 0.6) is 17.2 Å². The van der Waals surface area contributed by atoms with E-state index in [2.05, 4.69) is 35.8 Å². The van der Waals surface area contributed by atoms with E-state index in [9.17, 15) is 0 Å². The van der Waals surface area contributed by atoms with Gasteiger partial charge in [0.1, 0.15) is 0 Å². The van der Waals surface area contributed by atoms with E-state index in [0.29, 0.717) is 5.92 Å². The van der Waals surface area contributed by atoms with Crippen molar-refractivity contribution in [3.63, 3.8) is 0 Å². The van der Waals surface area contributed by atoms with Crippen LogP contribution >= 0.6 is 0 Å². The highest BCUT2D eigenvalue weighted by atomic mass is 16.6. The van der Waals surface area contributed by atoms with E-state index in [-0.39, 0.29) is 0 Å².